The second-order valence-electron chi connectivity index (χ2n) is 4.53. The SMILES string of the molecule is Cc1ccc(C(=O)NN=C(N)CS(=O)(=O)c2ccccc2)o1. The van der Waals surface area contributed by atoms with Crippen LogP contribution in [0.15, 0.2) is 56.9 Å². The molecule has 3 N–H and O–H groups in total. The molecule has 1 aromatic heterocycles. The van der Waals surface area contributed by atoms with E-state index in [4.69, 9.17) is 10.2 Å². The van der Waals surface area contributed by atoms with E-state index in [1.165, 1.54) is 18.2 Å². The fourth-order valence-corrected chi connectivity index (χ4v) is 2.86. The number of amidine groups is 1. The van der Waals surface area contributed by atoms with E-state index in [2.05, 4.69) is 10.5 Å². The molecule has 0 radical (unpaired) electrons. The van der Waals surface area contributed by atoms with E-state index < -0.39 is 21.5 Å². The van der Waals surface area contributed by atoms with E-state index in [-0.39, 0.29) is 16.5 Å². The predicted molar refractivity (Wildman–Crippen MR) is 81.0 cm³/mol. The Balaban J connectivity index is 2.03. The van der Waals surface area contributed by atoms with Crippen LogP contribution in [0.1, 0.15) is 16.3 Å². The van der Waals surface area contributed by atoms with Crippen LogP contribution in [-0.2, 0) is 9.84 Å². The Morgan fingerprint density at radius 3 is 2.50 bits per heavy atom. The van der Waals surface area contributed by atoms with Gasteiger partial charge in [0.2, 0.25) is 0 Å². The summed E-state index contributed by atoms with van der Waals surface area (Å²) < 4.78 is 29.2. The largest absolute Gasteiger partial charge is 0.456 e. The second kappa shape index (κ2) is 6.44. The molecule has 0 spiro atoms. The number of benzene rings is 1. The number of furan rings is 1. The highest BCUT2D eigenvalue weighted by Gasteiger charge is 2.16. The molecule has 0 atom stereocenters. The minimum Gasteiger partial charge on any atom is -0.456 e. The predicted octanol–water partition coefficient (Wildman–Crippen LogP) is 1.06. The maximum absolute atomic E-state index is 12.1. The van der Waals surface area contributed by atoms with Crippen molar-refractivity contribution in [1.82, 2.24) is 5.43 Å². The highest BCUT2D eigenvalue weighted by atomic mass is 32.2. The molecule has 1 aromatic carbocycles. The van der Waals surface area contributed by atoms with Gasteiger partial charge in [0.15, 0.2) is 15.6 Å². The molecule has 0 aliphatic heterocycles. The van der Waals surface area contributed by atoms with Crippen LogP contribution in [0.4, 0.5) is 0 Å². The summed E-state index contributed by atoms with van der Waals surface area (Å²) in [7, 11) is -3.60. The molecule has 1 heterocycles. The lowest BCUT2D eigenvalue weighted by Crippen LogP contribution is -2.28. The summed E-state index contributed by atoms with van der Waals surface area (Å²) in [5.74, 6) is -0.670. The summed E-state index contributed by atoms with van der Waals surface area (Å²) in [6, 6.07) is 11.0. The molecule has 1 amide bonds. The highest BCUT2D eigenvalue weighted by molar-refractivity contribution is 7.92. The van der Waals surface area contributed by atoms with Crippen molar-refractivity contribution in [2.45, 2.75) is 11.8 Å². The standard InChI is InChI=1S/C14H15N3O4S/c1-10-7-8-12(21-10)14(18)17-16-13(15)9-22(19,20)11-5-3-2-4-6-11/h2-8H,9H2,1H3,(H2,15,16)(H,17,18). The lowest BCUT2D eigenvalue weighted by molar-refractivity contribution is 0.0925. The summed E-state index contributed by atoms with van der Waals surface area (Å²) in [5, 5.41) is 3.58. The molecule has 0 fully saturated rings. The summed E-state index contributed by atoms with van der Waals surface area (Å²) in [4.78, 5) is 11.8. The van der Waals surface area contributed by atoms with Crippen LogP contribution in [-0.4, -0.2) is 25.9 Å². The van der Waals surface area contributed by atoms with E-state index in [1.54, 1.807) is 31.2 Å². The first-order valence-corrected chi connectivity index (χ1v) is 8.00. The van der Waals surface area contributed by atoms with Crippen molar-refractivity contribution >= 4 is 21.6 Å². The number of amides is 1. The van der Waals surface area contributed by atoms with Gasteiger partial charge in [-0.1, -0.05) is 18.2 Å². The number of carbonyl (C=O) groups is 1. The normalized spacial score (nSPS) is 12.1. The zero-order valence-corrected chi connectivity index (χ0v) is 12.6. The van der Waals surface area contributed by atoms with Crippen LogP contribution in [0, 0.1) is 6.92 Å². The van der Waals surface area contributed by atoms with Gasteiger partial charge in [-0.25, -0.2) is 13.8 Å². The number of aryl methyl sites for hydroxylation is 1. The first kappa shape index (κ1) is 15.8. The number of hydrogen-bond acceptors (Lipinski definition) is 5. The average molecular weight is 321 g/mol. The molecule has 116 valence electrons. The molecule has 0 bridgehead atoms. The van der Waals surface area contributed by atoms with Gasteiger partial charge in [0.25, 0.3) is 0 Å². The van der Waals surface area contributed by atoms with Gasteiger partial charge < -0.3 is 10.2 Å². The lowest BCUT2D eigenvalue weighted by Gasteiger charge is -2.04. The smallest absolute Gasteiger partial charge is 0.307 e. The fraction of sp³-hybridized carbons (Fsp3) is 0.143. The number of hydrogen-bond donors (Lipinski definition) is 2. The number of hydrazone groups is 1. The summed E-state index contributed by atoms with van der Waals surface area (Å²) >= 11 is 0. The van der Waals surface area contributed by atoms with Crippen LogP contribution in [0.5, 0.6) is 0 Å². The van der Waals surface area contributed by atoms with Crippen LogP contribution >= 0.6 is 0 Å². The maximum atomic E-state index is 12.1. The maximum Gasteiger partial charge on any atom is 0.307 e. The van der Waals surface area contributed by atoms with Gasteiger partial charge in [-0.2, -0.15) is 5.10 Å². The third kappa shape index (κ3) is 3.95. The van der Waals surface area contributed by atoms with Crippen molar-refractivity contribution in [2.75, 3.05) is 5.75 Å². The molecular formula is C14H15N3O4S. The number of nitrogens with zero attached hydrogens (tertiary/aromatic N) is 1. The van der Waals surface area contributed by atoms with Crippen molar-refractivity contribution in [3.05, 3.63) is 54.0 Å². The van der Waals surface area contributed by atoms with E-state index in [1.807, 2.05) is 0 Å². The van der Waals surface area contributed by atoms with Crippen molar-refractivity contribution < 1.29 is 17.6 Å². The number of nitrogens with one attached hydrogen (secondary N) is 1. The summed E-state index contributed by atoms with van der Waals surface area (Å²) in [5.41, 5.74) is 7.71. The Kier molecular flexibility index (Phi) is 4.62. The Bertz CT molecular complexity index is 795. The highest BCUT2D eigenvalue weighted by Crippen LogP contribution is 2.09. The molecule has 2 aromatic rings. The third-order valence-electron chi connectivity index (χ3n) is 2.71. The number of carbonyl (C=O) groups excluding carboxylic acids is 1. The Morgan fingerprint density at radius 1 is 1.23 bits per heavy atom. The van der Waals surface area contributed by atoms with Gasteiger partial charge in [-0.3, -0.25) is 4.79 Å². The van der Waals surface area contributed by atoms with Crippen LogP contribution in [0.3, 0.4) is 0 Å². The quantitative estimate of drug-likeness (QED) is 0.485. The van der Waals surface area contributed by atoms with Gasteiger partial charge in [0.1, 0.15) is 17.3 Å². The number of nitrogens with two attached hydrogens (primary N) is 1. The molecule has 8 heteroatoms. The molecule has 22 heavy (non-hydrogen) atoms. The summed E-state index contributed by atoms with van der Waals surface area (Å²) in [6.07, 6.45) is 0. The second-order valence-corrected chi connectivity index (χ2v) is 6.52. The zero-order valence-electron chi connectivity index (χ0n) is 11.8. The van der Waals surface area contributed by atoms with E-state index in [0.717, 1.165) is 0 Å². The number of sulfone groups is 1. The Morgan fingerprint density at radius 2 is 1.91 bits per heavy atom. The van der Waals surface area contributed by atoms with Crippen molar-refractivity contribution in [3.63, 3.8) is 0 Å². The molecular weight excluding hydrogens is 306 g/mol. The molecule has 0 aliphatic carbocycles. The minimum absolute atomic E-state index is 0.0694. The molecule has 2 rings (SSSR count). The average Bonchev–Trinajstić information content (AvgIpc) is 2.92. The van der Waals surface area contributed by atoms with Crippen molar-refractivity contribution in [1.29, 1.82) is 0 Å². The van der Waals surface area contributed by atoms with Crippen LogP contribution in [0.25, 0.3) is 0 Å². The summed E-state index contributed by atoms with van der Waals surface area (Å²) in [6.45, 7) is 1.70. The number of rotatable bonds is 5. The van der Waals surface area contributed by atoms with Gasteiger partial charge in [-0.05, 0) is 31.2 Å². The van der Waals surface area contributed by atoms with E-state index in [0.29, 0.717) is 5.76 Å². The molecule has 0 aliphatic rings. The van der Waals surface area contributed by atoms with Gasteiger partial charge in [0, 0.05) is 0 Å². The van der Waals surface area contributed by atoms with Crippen molar-refractivity contribution in [3.8, 4) is 0 Å². The first-order valence-electron chi connectivity index (χ1n) is 6.35. The van der Waals surface area contributed by atoms with Crippen molar-refractivity contribution in [2.24, 2.45) is 10.8 Å². The van der Waals surface area contributed by atoms with E-state index >= 15 is 0 Å². The molecule has 0 unspecified atom stereocenters. The third-order valence-corrected chi connectivity index (χ3v) is 4.37. The lowest BCUT2D eigenvalue weighted by atomic mass is 10.4. The minimum atomic E-state index is -3.60. The Hall–Kier alpha value is -2.61. The fourth-order valence-electron chi connectivity index (χ4n) is 1.67. The van der Waals surface area contributed by atoms with Crippen LogP contribution in [0.2, 0.25) is 0 Å². The van der Waals surface area contributed by atoms with Gasteiger partial charge >= 0.3 is 5.91 Å². The van der Waals surface area contributed by atoms with Gasteiger partial charge in [0.05, 0.1) is 4.90 Å². The van der Waals surface area contributed by atoms with Crippen LogP contribution < -0.4 is 11.2 Å². The molecule has 7 nitrogen and oxygen atoms in total. The first-order chi connectivity index (χ1) is 10.4. The molecule has 0 saturated heterocycles. The Labute approximate surface area is 127 Å². The molecule has 0 saturated carbocycles. The zero-order chi connectivity index (χ0) is 16.2. The topological polar surface area (TPSA) is 115 Å². The monoisotopic (exact) mass is 321 g/mol. The van der Waals surface area contributed by atoms with E-state index in [9.17, 15) is 13.2 Å². The van der Waals surface area contributed by atoms with Gasteiger partial charge in [-0.15, -0.1) is 0 Å².